The first kappa shape index (κ1) is 17.0. The molecule has 1 aromatic heterocycles. The highest BCUT2D eigenvalue weighted by Crippen LogP contribution is 2.20. The second-order valence-corrected chi connectivity index (χ2v) is 5.60. The molecule has 1 atom stereocenters. The third kappa shape index (κ3) is 4.32. The Bertz CT molecular complexity index is 710. The predicted molar refractivity (Wildman–Crippen MR) is 86.6 cm³/mol. The fraction of sp³-hybridized carbons (Fsp3) is 0.312. The van der Waals surface area contributed by atoms with Crippen molar-refractivity contribution in [2.75, 3.05) is 0 Å². The van der Waals surface area contributed by atoms with Crippen molar-refractivity contribution < 1.29 is 14.7 Å². The molecule has 1 unspecified atom stereocenters. The number of carboxylic acid groups (broad SMARTS) is 1. The van der Waals surface area contributed by atoms with Crippen molar-refractivity contribution in [2.24, 2.45) is 0 Å². The van der Waals surface area contributed by atoms with Gasteiger partial charge in [-0.25, -0.2) is 0 Å². The highest BCUT2D eigenvalue weighted by Gasteiger charge is 2.21. The molecule has 0 aliphatic carbocycles. The summed E-state index contributed by atoms with van der Waals surface area (Å²) in [5.74, 6) is -1.35. The van der Waals surface area contributed by atoms with Crippen LogP contribution in [0.4, 0.5) is 0 Å². The first-order valence-electron chi connectivity index (χ1n) is 7.23. The molecule has 0 saturated heterocycles. The lowest BCUT2D eigenvalue weighted by atomic mass is 10.0. The van der Waals surface area contributed by atoms with Crippen molar-refractivity contribution >= 4 is 23.5 Å². The van der Waals surface area contributed by atoms with Crippen molar-refractivity contribution in [3.63, 3.8) is 0 Å². The van der Waals surface area contributed by atoms with Crippen LogP contribution in [0, 0.1) is 6.92 Å². The van der Waals surface area contributed by atoms with Crippen LogP contribution in [0.25, 0.3) is 0 Å². The van der Waals surface area contributed by atoms with Gasteiger partial charge in [-0.05, 0) is 37.6 Å². The Morgan fingerprint density at radius 1 is 1.35 bits per heavy atom. The molecule has 0 bridgehead atoms. The number of benzene rings is 1. The van der Waals surface area contributed by atoms with E-state index in [4.69, 9.17) is 16.7 Å². The maximum absolute atomic E-state index is 12.5. The lowest BCUT2D eigenvalue weighted by Crippen LogP contribution is -2.31. The van der Waals surface area contributed by atoms with Gasteiger partial charge in [0.15, 0.2) is 0 Å². The maximum Gasteiger partial charge on any atom is 0.305 e. The van der Waals surface area contributed by atoms with Crippen LogP contribution >= 0.6 is 11.6 Å². The Labute approximate surface area is 139 Å². The van der Waals surface area contributed by atoms with Gasteiger partial charge in [0.05, 0.1) is 18.2 Å². The number of aromatic nitrogens is 2. The Morgan fingerprint density at radius 3 is 2.57 bits per heavy atom. The number of carbonyl (C=O) groups excluding carboxylic acids is 1. The molecule has 6 nitrogen and oxygen atoms in total. The zero-order valence-electron chi connectivity index (χ0n) is 12.9. The molecule has 2 aromatic rings. The minimum absolute atomic E-state index is 0.216. The Hall–Kier alpha value is -2.34. The summed E-state index contributed by atoms with van der Waals surface area (Å²) >= 11 is 5.85. The lowest BCUT2D eigenvalue weighted by Gasteiger charge is -2.18. The van der Waals surface area contributed by atoms with Crippen molar-refractivity contribution in [3.05, 3.63) is 52.3 Å². The zero-order chi connectivity index (χ0) is 17.0. The van der Waals surface area contributed by atoms with Crippen LogP contribution in [-0.4, -0.2) is 26.8 Å². The summed E-state index contributed by atoms with van der Waals surface area (Å²) in [6.07, 6.45) is -0.216. The van der Waals surface area contributed by atoms with E-state index in [0.29, 0.717) is 22.8 Å². The molecule has 0 saturated carbocycles. The number of rotatable bonds is 6. The van der Waals surface area contributed by atoms with E-state index in [1.807, 2.05) is 6.92 Å². The number of hydrogen-bond donors (Lipinski definition) is 2. The molecule has 0 aliphatic rings. The summed E-state index contributed by atoms with van der Waals surface area (Å²) in [5.41, 5.74) is 1.83. The van der Waals surface area contributed by atoms with Gasteiger partial charge in [-0.3, -0.25) is 14.3 Å². The molecule has 1 amide bonds. The highest BCUT2D eigenvalue weighted by atomic mass is 35.5. The molecule has 1 aromatic carbocycles. The standard InChI is InChI=1S/C16H18ClN3O3/c1-3-20-14(8-10(2)19-20)16(23)18-13(9-15(21)22)11-4-6-12(17)7-5-11/h4-8,13H,3,9H2,1-2H3,(H,18,23)(H,21,22). The third-order valence-corrected chi connectivity index (χ3v) is 3.64. The quantitative estimate of drug-likeness (QED) is 0.850. The molecule has 0 radical (unpaired) electrons. The molecule has 23 heavy (non-hydrogen) atoms. The van der Waals surface area contributed by atoms with Crippen LogP contribution in [0.2, 0.25) is 5.02 Å². The molecule has 0 aliphatic heterocycles. The summed E-state index contributed by atoms with van der Waals surface area (Å²) in [6, 6.07) is 7.78. The normalized spacial score (nSPS) is 12.0. The number of carbonyl (C=O) groups is 2. The van der Waals surface area contributed by atoms with E-state index in [9.17, 15) is 9.59 Å². The topological polar surface area (TPSA) is 84.2 Å². The van der Waals surface area contributed by atoms with Crippen molar-refractivity contribution in [1.82, 2.24) is 15.1 Å². The van der Waals surface area contributed by atoms with E-state index >= 15 is 0 Å². The van der Waals surface area contributed by atoms with E-state index in [-0.39, 0.29) is 12.3 Å². The molecule has 0 fully saturated rings. The number of aliphatic carboxylic acids is 1. The van der Waals surface area contributed by atoms with Crippen LogP contribution in [0.15, 0.2) is 30.3 Å². The maximum atomic E-state index is 12.5. The zero-order valence-corrected chi connectivity index (χ0v) is 13.7. The average Bonchev–Trinajstić information content (AvgIpc) is 2.88. The number of halogens is 1. The summed E-state index contributed by atoms with van der Waals surface area (Å²) < 4.78 is 1.59. The number of hydrogen-bond acceptors (Lipinski definition) is 3. The predicted octanol–water partition coefficient (Wildman–Crippen LogP) is 2.81. The van der Waals surface area contributed by atoms with Crippen LogP contribution < -0.4 is 5.32 Å². The molecule has 122 valence electrons. The highest BCUT2D eigenvalue weighted by molar-refractivity contribution is 6.30. The molecule has 0 spiro atoms. The van der Waals surface area contributed by atoms with Gasteiger partial charge in [0.2, 0.25) is 0 Å². The Kier molecular flexibility index (Phi) is 5.39. The third-order valence-electron chi connectivity index (χ3n) is 3.39. The number of nitrogens with zero attached hydrogens (tertiary/aromatic N) is 2. The summed E-state index contributed by atoms with van der Waals surface area (Å²) in [4.78, 5) is 23.6. The van der Waals surface area contributed by atoms with Crippen LogP contribution in [0.5, 0.6) is 0 Å². The van der Waals surface area contributed by atoms with E-state index < -0.39 is 12.0 Å². The van der Waals surface area contributed by atoms with E-state index in [0.717, 1.165) is 5.69 Å². The molecule has 1 heterocycles. The van der Waals surface area contributed by atoms with E-state index in [1.54, 1.807) is 41.9 Å². The molecular formula is C16H18ClN3O3. The van der Waals surface area contributed by atoms with Gasteiger partial charge in [0.1, 0.15) is 5.69 Å². The Morgan fingerprint density at radius 2 is 2.00 bits per heavy atom. The van der Waals surface area contributed by atoms with Gasteiger partial charge in [0.25, 0.3) is 5.91 Å². The van der Waals surface area contributed by atoms with Gasteiger partial charge < -0.3 is 10.4 Å². The van der Waals surface area contributed by atoms with Gasteiger partial charge in [-0.15, -0.1) is 0 Å². The van der Waals surface area contributed by atoms with E-state index in [1.165, 1.54) is 0 Å². The van der Waals surface area contributed by atoms with Gasteiger partial charge in [-0.2, -0.15) is 5.10 Å². The molecule has 2 N–H and O–H groups in total. The largest absolute Gasteiger partial charge is 0.481 e. The summed E-state index contributed by atoms with van der Waals surface area (Å²) in [6.45, 7) is 4.25. The number of carboxylic acids is 1. The van der Waals surface area contributed by atoms with Crippen molar-refractivity contribution in [2.45, 2.75) is 32.9 Å². The van der Waals surface area contributed by atoms with Crippen LogP contribution in [0.1, 0.15) is 41.1 Å². The molecule has 7 heteroatoms. The monoisotopic (exact) mass is 335 g/mol. The number of amides is 1. The minimum Gasteiger partial charge on any atom is -0.481 e. The molecular weight excluding hydrogens is 318 g/mol. The van der Waals surface area contributed by atoms with Gasteiger partial charge >= 0.3 is 5.97 Å². The smallest absolute Gasteiger partial charge is 0.305 e. The first-order valence-corrected chi connectivity index (χ1v) is 7.61. The second-order valence-electron chi connectivity index (χ2n) is 5.16. The number of aryl methyl sites for hydroxylation is 2. The van der Waals surface area contributed by atoms with Gasteiger partial charge in [0, 0.05) is 11.6 Å². The second kappa shape index (κ2) is 7.28. The van der Waals surface area contributed by atoms with Crippen molar-refractivity contribution in [1.29, 1.82) is 0 Å². The molecule has 2 rings (SSSR count). The van der Waals surface area contributed by atoms with E-state index in [2.05, 4.69) is 10.4 Å². The average molecular weight is 336 g/mol. The van der Waals surface area contributed by atoms with Crippen molar-refractivity contribution in [3.8, 4) is 0 Å². The summed E-state index contributed by atoms with van der Waals surface area (Å²) in [5, 5.41) is 16.6. The SMILES string of the molecule is CCn1nc(C)cc1C(=O)NC(CC(=O)O)c1ccc(Cl)cc1. The van der Waals surface area contributed by atoms with Crippen LogP contribution in [0.3, 0.4) is 0 Å². The summed E-state index contributed by atoms with van der Waals surface area (Å²) in [7, 11) is 0. The van der Waals surface area contributed by atoms with Gasteiger partial charge in [-0.1, -0.05) is 23.7 Å². The fourth-order valence-electron chi connectivity index (χ4n) is 2.32. The lowest BCUT2D eigenvalue weighted by molar-refractivity contribution is -0.137. The first-order chi connectivity index (χ1) is 10.9. The fourth-order valence-corrected chi connectivity index (χ4v) is 2.45. The minimum atomic E-state index is -0.995. The number of nitrogens with one attached hydrogen (secondary N) is 1. The Balaban J connectivity index is 2.24. The van der Waals surface area contributed by atoms with Crippen LogP contribution in [-0.2, 0) is 11.3 Å².